The summed E-state index contributed by atoms with van der Waals surface area (Å²) in [7, 11) is 0. The standard InChI is InChI=1S/C18H15N7O/c26-17-14-3-1-2-4-15(14)23-24-25(17)16-8-12-21-18(22-16)20-11-7-13-5-9-19-10-6-13/h1-6,8-10,12H,7,11H2,(H,20,21,22). The fraction of sp³-hybridized carbons (Fsp3) is 0.111. The van der Waals surface area contributed by atoms with E-state index in [9.17, 15) is 4.79 Å². The van der Waals surface area contributed by atoms with Gasteiger partial charge in [0, 0.05) is 31.2 Å². The lowest BCUT2D eigenvalue weighted by Gasteiger charge is -2.07. The second-order valence-corrected chi connectivity index (χ2v) is 5.59. The first-order chi connectivity index (χ1) is 12.8. The van der Waals surface area contributed by atoms with E-state index in [1.807, 2.05) is 18.2 Å². The van der Waals surface area contributed by atoms with Crippen molar-refractivity contribution in [3.63, 3.8) is 0 Å². The first kappa shape index (κ1) is 15.8. The SMILES string of the molecule is O=c1c2ccccc2nnn1-c1ccnc(NCCc2ccncc2)n1. The van der Waals surface area contributed by atoms with Crippen LogP contribution < -0.4 is 10.9 Å². The first-order valence-corrected chi connectivity index (χ1v) is 8.12. The number of hydrogen-bond donors (Lipinski definition) is 1. The van der Waals surface area contributed by atoms with Gasteiger partial charge in [0.25, 0.3) is 5.56 Å². The highest BCUT2D eigenvalue weighted by Crippen LogP contribution is 2.07. The van der Waals surface area contributed by atoms with Crippen molar-refractivity contribution in [2.24, 2.45) is 0 Å². The van der Waals surface area contributed by atoms with Crippen LogP contribution in [-0.4, -0.2) is 36.5 Å². The molecule has 0 spiro atoms. The van der Waals surface area contributed by atoms with Crippen LogP contribution in [0, 0.1) is 0 Å². The molecule has 0 bridgehead atoms. The summed E-state index contributed by atoms with van der Waals surface area (Å²) >= 11 is 0. The van der Waals surface area contributed by atoms with Gasteiger partial charge in [0.2, 0.25) is 5.95 Å². The number of fused-ring (bicyclic) bond motifs is 1. The second kappa shape index (κ2) is 7.06. The molecule has 128 valence electrons. The lowest BCUT2D eigenvalue weighted by molar-refractivity contribution is 0.718. The quantitative estimate of drug-likeness (QED) is 0.587. The third-order valence-electron chi connectivity index (χ3n) is 3.87. The summed E-state index contributed by atoms with van der Waals surface area (Å²) in [5.41, 5.74) is 1.45. The van der Waals surface area contributed by atoms with Crippen LogP contribution in [-0.2, 0) is 6.42 Å². The first-order valence-electron chi connectivity index (χ1n) is 8.12. The van der Waals surface area contributed by atoms with E-state index in [4.69, 9.17) is 0 Å². The molecule has 1 aromatic carbocycles. The van der Waals surface area contributed by atoms with E-state index < -0.39 is 0 Å². The molecule has 0 amide bonds. The summed E-state index contributed by atoms with van der Waals surface area (Å²) < 4.78 is 1.18. The van der Waals surface area contributed by atoms with Crippen molar-refractivity contribution < 1.29 is 0 Å². The van der Waals surface area contributed by atoms with Crippen LogP contribution in [0.25, 0.3) is 16.7 Å². The number of aromatic nitrogens is 6. The summed E-state index contributed by atoms with van der Waals surface area (Å²) in [5, 5.41) is 11.7. The monoisotopic (exact) mass is 345 g/mol. The Morgan fingerprint density at radius 2 is 1.85 bits per heavy atom. The minimum atomic E-state index is -0.267. The Morgan fingerprint density at radius 3 is 2.73 bits per heavy atom. The Morgan fingerprint density at radius 1 is 1.00 bits per heavy atom. The maximum Gasteiger partial charge on any atom is 0.283 e. The molecule has 0 aliphatic heterocycles. The summed E-state index contributed by atoms with van der Waals surface area (Å²) in [6.45, 7) is 0.658. The van der Waals surface area contributed by atoms with Gasteiger partial charge in [-0.05, 0) is 36.2 Å². The summed E-state index contributed by atoms with van der Waals surface area (Å²) in [5.74, 6) is 0.799. The molecule has 0 aliphatic rings. The Kier molecular flexibility index (Phi) is 4.29. The fourth-order valence-corrected chi connectivity index (χ4v) is 2.56. The van der Waals surface area contributed by atoms with Gasteiger partial charge in [-0.25, -0.2) is 4.98 Å². The van der Waals surface area contributed by atoms with Crippen LogP contribution >= 0.6 is 0 Å². The van der Waals surface area contributed by atoms with E-state index in [1.165, 1.54) is 10.2 Å². The van der Waals surface area contributed by atoms with Gasteiger partial charge in [-0.2, -0.15) is 9.67 Å². The lowest BCUT2D eigenvalue weighted by atomic mass is 10.2. The molecule has 3 heterocycles. The van der Waals surface area contributed by atoms with Gasteiger partial charge in [0.15, 0.2) is 5.82 Å². The van der Waals surface area contributed by atoms with Crippen molar-refractivity contribution >= 4 is 16.9 Å². The van der Waals surface area contributed by atoms with Crippen LogP contribution in [0.1, 0.15) is 5.56 Å². The van der Waals surface area contributed by atoms with E-state index in [1.54, 1.807) is 42.9 Å². The van der Waals surface area contributed by atoms with Crippen molar-refractivity contribution in [3.8, 4) is 5.82 Å². The summed E-state index contributed by atoms with van der Waals surface area (Å²) in [6.07, 6.45) is 5.92. The molecule has 4 rings (SSSR count). The van der Waals surface area contributed by atoms with Gasteiger partial charge in [-0.15, -0.1) is 5.10 Å². The molecule has 0 fully saturated rings. The molecule has 4 aromatic rings. The molecule has 0 atom stereocenters. The molecule has 8 heteroatoms. The zero-order valence-corrected chi connectivity index (χ0v) is 13.8. The highest BCUT2D eigenvalue weighted by atomic mass is 16.1. The van der Waals surface area contributed by atoms with E-state index in [0.717, 1.165) is 6.42 Å². The van der Waals surface area contributed by atoms with E-state index >= 15 is 0 Å². The smallest absolute Gasteiger partial charge is 0.283 e. The van der Waals surface area contributed by atoms with Crippen LogP contribution in [0.4, 0.5) is 5.95 Å². The second-order valence-electron chi connectivity index (χ2n) is 5.59. The average Bonchev–Trinajstić information content (AvgIpc) is 2.70. The maximum atomic E-state index is 12.6. The van der Waals surface area contributed by atoms with E-state index in [0.29, 0.717) is 29.2 Å². The van der Waals surface area contributed by atoms with Crippen molar-refractivity contribution in [2.75, 3.05) is 11.9 Å². The Balaban J connectivity index is 1.56. The third-order valence-corrected chi connectivity index (χ3v) is 3.87. The maximum absolute atomic E-state index is 12.6. The zero-order chi connectivity index (χ0) is 17.8. The molecule has 0 aliphatic carbocycles. The largest absolute Gasteiger partial charge is 0.354 e. The zero-order valence-electron chi connectivity index (χ0n) is 13.8. The molecule has 0 unspecified atom stereocenters. The van der Waals surface area contributed by atoms with Crippen molar-refractivity contribution in [2.45, 2.75) is 6.42 Å². The van der Waals surface area contributed by atoms with Gasteiger partial charge in [0.05, 0.1) is 5.39 Å². The van der Waals surface area contributed by atoms with E-state index in [-0.39, 0.29) is 5.56 Å². The molecule has 1 N–H and O–H groups in total. The third kappa shape index (κ3) is 3.25. The highest BCUT2D eigenvalue weighted by Gasteiger charge is 2.09. The van der Waals surface area contributed by atoms with Crippen molar-refractivity contribution in [3.05, 3.63) is 77.0 Å². The van der Waals surface area contributed by atoms with Gasteiger partial charge in [-0.3, -0.25) is 9.78 Å². The predicted molar refractivity (Wildman–Crippen MR) is 97.2 cm³/mol. The minimum Gasteiger partial charge on any atom is -0.354 e. The predicted octanol–water partition coefficient (Wildman–Crippen LogP) is 1.62. The Bertz CT molecular complexity index is 1100. The Hall–Kier alpha value is -3.68. The molecule has 0 radical (unpaired) electrons. The van der Waals surface area contributed by atoms with Crippen LogP contribution in [0.5, 0.6) is 0 Å². The van der Waals surface area contributed by atoms with Gasteiger partial charge in [0.1, 0.15) is 5.52 Å². The van der Waals surface area contributed by atoms with Crippen molar-refractivity contribution in [1.82, 2.24) is 29.9 Å². The fourth-order valence-electron chi connectivity index (χ4n) is 2.56. The number of benzene rings is 1. The Labute approximate surface area is 148 Å². The van der Waals surface area contributed by atoms with Crippen LogP contribution in [0.3, 0.4) is 0 Å². The van der Waals surface area contributed by atoms with Crippen molar-refractivity contribution in [1.29, 1.82) is 0 Å². The molecule has 3 aromatic heterocycles. The summed E-state index contributed by atoms with van der Waals surface area (Å²) in [6, 6.07) is 12.6. The van der Waals surface area contributed by atoms with E-state index in [2.05, 4.69) is 30.6 Å². The number of hydrogen-bond acceptors (Lipinski definition) is 7. The van der Waals surface area contributed by atoms with Gasteiger partial charge >= 0.3 is 0 Å². The number of rotatable bonds is 5. The number of nitrogens with zero attached hydrogens (tertiary/aromatic N) is 6. The van der Waals surface area contributed by atoms with Crippen LogP contribution in [0.2, 0.25) is 0 Å². The van der Waals surface area contributed by atoms with Gasteiger partial charge in [-0.1, -0.05) is 17.3 Å². The summed E-state index contributed by atoms with van der Waals surface area (Å²) in [4.78, 5) is 25.2. The minimum absolute atomic E-state index is 0.267. The topological polar surface area (TPSA) is 98.5 Å². The average molecular weight is 345 g/mol. The lowest BCUT2D eigenvalue weighted by Crippen LogP contribution is -2.24. The number of pyridine rings is 1. The molecular weight excluding hydrogens is 330 g/mol. The van der Waals surface area contributed by atoms with Crippen LogP contribution in [0.15, 0.2) is 65.8 Å². The number of nitrogens with one attached hydrogen (secondary N) is 1. The molecule has 0 saturated carbocycles. The molecular formula is C18H15N7O. The molecule has 0 saturated heterocycles. The van der Waals surface area contributed by atoms with Gasteiger partial charge < -0.3 is 5.32 Å². The highest BCUT2D eigenvalue weighted by molar-refractivity contribution is 5.76. The molecule has 26 heavy (non-hydrogen) atoms. The normalized spacial score (nSPS) is 10.8. The number of anilines is 1. The molecule has 8 nitrogen and oxygen atoms in total.